The number of aromatic nitrogens is 2. The number of hydrogen-bond donors (Lipinski definition) is 5. The van der Waals surface area contributed by atoms with E-state index in [1.165, 1.54) is 87.3 Å². The summed E-state index contributed by atoms with van der Waals surface area (Å²) in [4.78, 5) is 115. The van der Waals surface area contributed by atoms with Gasteiger partial charge in [-0.15, -0.1) is 24.5 Å². The Morgan fingerprint density at radius 3 is 1.73 bits per heavy atom. The molecule has 23 nitrogen and oxygen atoms in total. The van der Waals surface area contributed by atoms with Crippen LogP contribution in [0.5, 0.6) is 5.75 Å². The Hall–Kier alpha value is -13.0. The fraction of sp³-hybridized carbons (Fsp3) is 0.333. The Labute approximate surface area is 752 Å². The lowest BCUT2D eigenvalue weighted by Gasteiger charge is -2.40. The number of guanidine groups is 4. The number of hydrogen-bond acceptors (Lipinski definition) is 18. The van der Waals surface area contributed by atoms with Crippen LogP contribution in [0.4, 0.5) is 17.6 Å². The number of amides is 6. The zero-order chi connectivity index (χ0) is 91.1. The average molecular weight is 1780 g/mol. The van der Waals surface area contributed by atoms with E-state index in [0.29, 0.717) is 87.7 Å². The molecule has 6 amide bonds. The molecule has 666 valence electrons. The summed E-state index contributed by atoms with van der Waals surface area (Å²) in [5, 5.41) is 5.58. The number of ether oxygens (including phenoxy) is 1. The molecule has 0 saturated heterocycles. The first-order valence-corrected chi connectivity index (χ1v) is 44.5. The van der Waals surface area contributed by atoms with Gasteiger partial charge in [-0.3, -0.25) is 58.3 Å². The molecule has 9 N–H and O–H groups in total. The zero-order valence-electron chi connectivity index (χ0n) is 72.5. The Morgan fingerprint density at radius 2 is 1.12 bits per heavy atom. The second-order valence-electron chi connectivity index (χ2n) is 33.4. The van der Waals surface area contributed by atoms with Gasteiger partial charge in [0.1, 0.15) is 22.6 Å². The molecule has 1 unspecified atom stereocenters. The second kappa shape index (κ2) is 40.8. The first-order chi connectivity index (χ1) is 61.5. The van der Waals surface area contributed by atoms with E-state index in [4.69, 9.17) is 49.5 Å². The van der Waals surface area contributed by atoms with Gasteiger partial charge in [0, 0.05) is 79.9 Å². The molecule has 3 aromatic heterocycles. The van der Waals surface area contributed by atoms with Gasteiger partial charge in [0.15, 0.2) is 34.9 Å². The van der Waals surface area contributed by atoms with Gasteiger partial charge in [0.05, 0.1) is 24.2 Å². The number of carbonyl (C=O) groups is 6. The van der Waals surface area contributed by atoms with Gasteiger partial charge in [-0.25, -0.2) is 24.4 Å². The van der Waals surface area contributed by atoms with Crippen molar-refractivity contribution in [1.29, 1.82) is 0 Å². The number of likely N-dealkylation sites (N-methyl/N-ethyl adjacent to an activating group) is 2. The van der Waals surface area contributed by atoms with Crippen LogP contribution in [0.2, 0.25) is 5.02 Å². The van der Waals surface area contributed by atoms with Crippen LogP contribution < -0.4 is 33.0 Å². The lowest BCUT2D eigenvalue weighted by atomic mass is 9.74. The number of thiophene rings is 1. The third kappa shape index (κ3) is 21.0. The van der Waals surface area contributed by atoms with E-state index in [9.17, 15) is 46.3 Å². The van der Waals surface area contributed by atoms with E-state index in [1.54, 1.807) is 76.1 Å². The molecular formula is C99H107ClF4N16O7S. The molecule has 6 aliphatic rings. The number of benzene rings is 7. The molecular weight excluding hydrogens is 1670 g/mol. The number of halogens is 5. The van der Waals surface area contributed by atoms with Crippen molar-refractivity contribution in [2.45, 2.75) is 158 Å². The molecule has 29 heteroatoms. The molecule has 0 radical (unpaired) electrons. The molecule has 7 aromatic carbocycles. The maximum Gasteiger partial charge on any atom is 0.573 e. The maximum absolute atomic E-state index is 14.0. The minimum atomic E-state index is -4.77. The predicted octanol–water partition coefficient (Wildman–Crippen LogP) is 16.9. The highest BCUT2D eigenvalue weighted by Crippen LogP contribution is 2.47. The molecule has 4 aliphatic heterocycles. The number of pyridine rings is 2. The Kier molecular flexibility index (Phi) is 29.5. The van der Waals surface area contributed by atoms with Crippen LogP contribution in [0.1, 0.15) is 170 Å². The first kappa shape index (κ1) is 92.7. The standard InChI is InChI=1S/C28H31N5O2.C26H37ClN4O2.C24H22F3N3O2S.C21H17FN4O/c1-3-15-32(16-4-2)25(34)22-17-21(18-30-19-22)20-33-26(35)28(31-27(33)29,23-11-7-5-8-12-23)24-13-9-6-10-14-24;1-31-24(33)26(30-25(31)28,14-13-18-7-3-2-4-8-18)17-19-9-5-12-22(15-19)29-23(32)20-10-6-11-21(27)16-20;1-23(19(11-15-7-4-3-5-8-15)21(31)30(2)22(28)29-23)20-13-17(14-33-20)16-9-6-10-18(12-16)32-24(25,26)27;1-26-19(27)21(25-20(26)23,16-7-3-2-4-8-16)17-9-5-6-14(10-17)15-11-18(22)13-24-12-15/h5-14,17-19H,3-4,15-16,20H2,1-2H3,(H2,29,31);6,10-11,16,18-19,22H,2-5,7-9,12-15,17H2,1H3,(H2,28,30)(H,29,32);3-10,12-14,19H,11H2,1-2H3,(H2,28,29);2-13H,1H3,(H2,23,25)/t;19-,22+,26+;19-,23-;/m.00./s1. The summed E-state index contributed by atoms with van der Waals surface area (Å²) in [6, 6.07) is 63.2. The van der Waals surface area contributed by atoms with Crippen molar-refractivity contribution in [2.24, 2.45) is 60.7 Å². The topological polar surface area (TPSA) is 319 Å². The first-order valence-electron chi connectivity index (χ1n) is 43.2. The molecule has 7 heterocycles. The monoisotopic (exact) mass is 1770 g/mol. The van der Waals surface area contributed by atoms with Crippen LogP contribution in [0.15, 0.2) is 262 Å². The largest absolute Gasteiger partial charge is 0.573 e. The zero-order valence-corrected chi connectivity index (χ0v) is 74.1. The lowest BCUT2D eigenvalue weighted by molar-refractivity contribution is -0.274. The van der Waals surface area contributed by atoms with Gasteiger partial charge < -0.3 is 37.9 Å². The van der Waals surface area contributed by atoms with Crippen molar-refractivity contribution in [2.75, 3.05) is 34.2 Å². The summed E-state index contributed by atoms with van der Waals surface area (Å²) in [6.45, 7) is 7.53. The van der Waals surface area contributed by atoms with Crippen LogP contribution >= 0.6 is 22.9 Å². The number of carbonyl (C=O) groups excluding carboxylic acids is 6. The van der Waals surface area contributed by atoms with Gasteiger partial charge in [0.2, 0.25) is 5.91 Å². The molecule has 0 bridgehead atoms. The Balaban J connectivity index is 0.000000146. The number of nitrogens with two attached hydrogens (primary N) is 4. The van der Waals surface area contributed by atoms with Crippen LogP contribution in [0.25, 0.3) is 22.3 Å². The summed E-state index contributed by atoms with van der Waals surface area (Å²) >= 11 is 7.44. The van der Waals surface area contributed by atoms with Gasteiger partial charge in [0.25, 0.3) is 29.5 Å². The van der Waals surface area contributed by atoms with E-state index in [1.807, 2.05) is 169 Å². The summed E-state index contributed by atoms with van der Waals surface area (Å²) in [7, 11) is 4.94. The highest BCUT2D eigenvalue weighted by Gasteiger charge is 2.53. The quantitative estimate of drug-likeness (QED) is 0.0352. The van der Waals surface area contributed by atoms with Crippen molar-refractivity contribution in [3.05, 3.63) is 303 Å². The second-order valence-corrected chi connectivity index (χ2v) is 34.8. The molecule has 2 saturated carbocycles. The van der Waals surface area contributed by atoms with Gasteiger partial charge in [-0.05, 0) is 180 Å². The number of nitrogens with zero attached hydrogens (tertiary/aromatic N) is 11. The van der Waals surface area contributed by atoms with Gasteiger partial charge >= 0.3 is 6.36 Å². The third-order valence-electron chi connectivity index (χ3n) is 24.6. The minimum Gasteiger partial charge on any atom is -0.406 e. The summed E-state index contributed by atoms with van der Waals surface area (Å²) in [5.74, 6) is -0.130. The van der Waals surface area contributed by atoms with E-state index in [0.717, 1.165) is 90.3 Å². The number of nitrogens with one attached hydrogen (secondary N) is 1. The average Bonchev–Trinajstić information content (AvgIpc) is 1.59. The van der Waals surface area contributed by atoms with Gasteiger partial charge in [-0.1, -0.05) is 228 Å². The van der Waals surface area contributed by atoms with Crippen LogP contribution in [-0.2, 0) is 48.8 Å². The van der Waals surface area contributed by atoms with Crippen molar-refractivity contribution in [1.82, 2.24) is 39.8 Å². The van der Waals surface area contributed by atoms with Crippen molar-refractivity contribution in [3.63, 3.8) is 0 Å². The highest BCUT2D eigenvalue weighted by molar-refractivity contribution is 7.10. The minimum absolute atomic E-state index is 0.0425. The summed E-state index contributed by atoms with van der Waals surface area (Å²) in [6.07, 6.45) is 16.3. The third-order valence-corrected chi connectivity index (χ3v) is 26.0. The molecule has 2 aliphatic carbocycles. The van der Waals surface area contributed by atoms with Crippen LogP contribution in [-0.4, -0.2) is 146 Å². The summed E-state index contributed by atoms with van der Waals surface area (Å²) in [5.41, 5.74) is 28.7. The molecule has 6 atom stereocenters. The fourth-order valence-corrected chi connectivity index (χ4v) is 19.2. The molecule has 10 aromatic rings. The normalized spacial score (nSPS) is 20.9. The SMILES string of the molecule is CCCN(CCC)C(=O)c1cncc(CN2C(=O)C(c3ccccc3)(c3ccccc3)N=C2N)c1.CN1C(=O)C(c2ccccc2)(c2cccc(-c3cncc(F)c3)c2)N=C1N.CN1C(=O)[C@@](CCC2CCCCC2)(C[C@H]2CCC[C@@H](NC(=O)c3cccc(Cl)c3)C2)N=C1N.CN1C(=O)[C@H](Cc2ccccc2)[C@@](C)(c2cc(-c3cccc(OC(F)(F)F)c3)cs2)N=C1N. The fourth-order valence-electron chi connectivity index (χ4n) is 17.9. The number of aliphatic imine (C=N–C) groups is 4. The Bertz CT molecular complexity index is 5700. The number of alkyl halides is 3. The van der Waals surface area contributed by atoms with Crippen molar-refractivity contribution in [3.8, 4) is 28.0 Å². The maximum atomic E-state index is 14.0. The van der Waals surface area contributed by atoms with E-state index in [-0.39, 0.29) is 71.7 Å². The van der Waals surface area contributed by atoms with Crippen LogP contribution in [0.3, 0.4) is 0 Å². The predicted molar refractivity (Wildman–Crippen MR) is 492 cm³/mol. The smallest absolute Gasteiger partial charge is 0.406 e. The van der Waals surface area contributed by atoms with E-state index < -0.39 is 40.3 Å². The molecule has 128 heavy (non-hydrogen) atoms. The molecule has 2 fully saturated rings. The van der Waals surface area contributed by atoms with Crippen molar-refractivity contribution >= 4 is 82.2 Å². The molecule has 16 rings (SSSR count). The molecule has 0 spiro atoms. The van der Waals surface area contributed by atoms with Crippen molar-refractivity contribution < 1.29 is 51.1 Å². The highest BCUT2D eigenvalue weighted by atomic mass is 35.5. The summed E-state index contributed by atoms with van der Waals surface area (Å²) < 4.78 is 55.5. The van der Waals surface area contributed by atoms with Gasteiger partial charge in [-0.2, -0.15) is 0 Å². The number of rotatable bonds is 24. The van der Waals surface area contributed by atoms with Crippen LogP contribution in [0, 0.1) is 23.6 Å². The van der Waals surface area contributed by atoms with E-state index >= 15 is 0 Å². The lowest BCUT2D eigenvalue weighted by Crippen LogP contribution is -2.54. The van der Waals surface area contributed by atoms with E-state index in [2.05, 4.69) is 38.9 Å². The Morgan fingerprint density at radius 1 is 0.555 bits per heavy atom.